The molecule has 1 aliphatic rings. The quantitative estimate of drug-likeness (QED) is 0.558. The van der Waals surface area contributed by atoms with Crippen molar-refractivity contribution in [2.75, 3.05) is 0 Å². The lowest BCUT2D eigenvalue weighted by Gasteiger charge is -2.35. The van der Waals surface area contributed by atoms with E-state index in [1.807, 2.05) is 24.5 Å². The van der Waals surface area contributed by atoms with Crippen LogP contribution in [0.25, 0.3) is 22.1 Å². The summed E-state index contributed by atoms with van der Waals surface area (Å²) in [4.78, 5) is 9.25. The first-order valence-corrected chi connectivity index (χ1v) is 8.08. The lowest BCUT2D eigenvalue weighted by molar-refractivity contribution is 0.323. The van der Waals surface area contributed by atoms with Crippen molar-refractivity contribution in [3.63, 3.8) is 0 Å². The molecule has 0 aliphatic heterocycles. The summed E-state index contributed by atoms with van der Waals surface area (Å²) in [6.45, 7) is 0. The Labute approximate surface area is 139 Å². The van der Waals surface area contributed by atoms with E-state index in [1.165, 1.54) is 0 Å². The SMILES string of the molecule is C1=CCC(n2ccc3cccnc32)(n2ccc3cccnc32)C=C1. The summed E-state index contributed by atoms with van der Waals surface area (Å²) in [6, 6.07) is 12.4. The molecule has 4 heterocycles. The van der Waals surface area contributed by atoms with Gasteiger partial charge in [0.05, 0.1) is 0 Å². The van der Waals surface area contributed by atoms with Crippen molar-refractivity contribution < 1.29 is 0 Å². The summed E-state index contributed by atoms with van der Waals surface area (Å²) in [7, 11) is 0. The molecule has 0 radical (unpaired) electrons. The topological polar surface area (TPSA) is 35.6 Å². The molecular weight excluding hydrogens is 296 g/mol. The van der Waals surface area contributed by atoms with Crippen LogP contribution in [0, 0.1) is 0 Å². The van der Waals surface area contributed by atoms with Crippen LogP contribution in [0.2, 0.25) is 0 Å². The Kier molecular flexibility index (Phi) is 2.73. The van der Waals surface area contributed by atoms with Gasteiger partial charge in [-0.3, -0.25) is 0 Å². The first kappa shape index (κ1) is 13.3. The second-order valence-corrected chi connectivity index (χ2v) is 6.07. The van der Waals surface area contributed by atoms with E-state index in [4.69, 9.17) is 0 Å². The summed E-state index contributed by atoms with van der Waals surface area (Å²) >= 11 is 0. The first-order chi connectivity index (χ1) is 11.9. The standard InChI is InChI=1S/C20H16N4/c1-2-10-20(11-3-1,23-14-8-16-6-4-12-21-18(16)23)24-15-9-17-7-5-13-22-19(17)24/h1-10,12-15H,11H2. The third-order valence-corrected chi connectivity index (χ3v) is 4.76. The number of fused-ring (bicyclic) bond motifs is 2. The lowest BCUT2D eigenvalue weighted by Crippen LogP contribution is -2.39. The molecule has 5 rings (SSSR count). The van der Waals surface area contributed by atoms with Gasteiger partial charge in [0.2, 0.25) is 0 Å². The number of rotatable bonds is 2. The zero-order valence-corrected chi connectivity index (χ0v) is 13.1. The molecule has 0 fully saturated rings. The van der Waals surface area contributed by atoms with Crippen LogP contribution in [0.5, 0.6) is 0 Å². The van der Waals surface area contributed by atoms with Crippen molar-refractivity contribution in [3.8, 4) is 0 Å². The molecule has 0 aromatic carbocycles. The first-order valence-electron chi connectivity index (χ1n) is 8.08. The normalized spacial score (nSPS) is 16.2. The summed E-state index contributed by atoms with van der Waals surface area (Å²) in [5.74, 6) is 0. The van der Waals surface area contributed by atoms with Crippen LogP contribution in [0.1, 0.15) is 6.42 Å². The van der Waals surface area contributed by atoms with Gasteiger partial charge in [0.1, 0.15) is 17.0 Å². The van der Waals surface area contributed by atoms with Gasteiger partial charge in [0, 0.05) is 42.0 Å². The van der Waals surface area contributed by atoms with Gasteiger partial charge in [-0.15, -0.1) is 0 Å². The minimum atomic E-state index is -0.374. The highest BCUT2D eigenvalue weighted by Gasteiger charge is 2.33. The van der Waals surface area contributed by atoms with Gasteiger partial charge in [-0.2, -0.15) is 0 Å². The molecule has 0 saturated carbocycles. The number of hydrogen-bond acceptors (Lipinski definition) is 2. The predicted molar refractivity (Wildman–Crippen MR) is 95.7 cm³/mol. The van der Waals surface area contributed by atoms with Crippen molar-refractivity contribution in [2.24, 2.45) is 0 Å². The second kappa shape index (κ2) is 4.93. The minimum Gasteiger partial charge on any atom is -0.304 e. The van der Waals surface area contributed by atoms with Gasteiger partial charge in [-0.25, -0.2) is 9.97 Å². The zero-order chi connectivity index (χ0) is 16.0. The molecule has 24 heavy (non-hydrogen) atoms. The Balaban J connectivity index is 1.84. The summed E-state index contributed by atoms with van der Waals surface area (Å²) in [5, 5.41) is 2.29. The second-order valence-electron chi connectivity index (χ2n) is 6.07. The third-order valence-electron chi connectivity index (χ3n) is 4.76. The maximum Gasteiger partial charge on any atom is 0.146 e. The average Bonchev–Trinajstić information content (AvgIpc) is 3.27. The number of nitrogens with zero attached hydrogens (tertiary/aromatic N) is 4. The van der Waals surface area contributed by atoms with Crippen LogP contribution in [-0.2, 0) is 5.66 Å². The van der Waals surface area contributed by atoms with Crippen LogP contribution in [0.15, 0.2) is 85.5 Å². The van der Waals surface area contributed by atoms with E-state index in [1.54, 1.807) is 0 Å². The molecular formula is C20H16N4. The fourth-order valence-electron chi connectivity index (χ4n) is 3.63. The number of pyridine rings is 2. The fourth-order valence-corrected chi connectivity index (χ4v) is 3.63. The summed E-state index contributed by atoms with van der Waals surface area (Å²) in [6.07, 6.45) is 17.4. The third kappa shape index (κ3) is 1.74. The molecule has 1 aliphatic carbocycles. The molecule has 0 saturated heterocycles. The van der Waals surface area contributed by atoms with Crippen molar-refractivity contribution in [1.82, 2.24) is 19.1 Å². The highest BCUT2D eigenvalue weighted by atomic mass is 15.3. The number of aromatic nitrogens is 4. The van der Waals surface area contributed by atoms with Crippen LogP contribution in [0.3, 0.4) is 0 Å². The van der Waals surface area contributed by atoms with Crippen molar-refractivity contribution in [2.45, 2.75) is 12.1 Å². The monoisotopic (exact) mass is 312 g/mol. The van der Waals surface area contributed by atoms with E-state index in [0.29, 0.717) is 0 Å². The molecule has 0 N–H and O–H groups in total. The summed E-state index contributed by atoms with van der Waals surface area (Å²) in [5.41, 5.74) is 1.59. The van der Waals surface area contributed by atoms with E-state index < -0.39 is 0 Å². The minimum absolute atomic E-state index is 0.374. The van der Waals surface area contributed by atoms with Crippen LogP contribution in [0.4, 0.5) is 0 Å². The van der Waals surface area contributed by atoms with Gasteiger partial charge in [0.25, 0.3) is 0 Å². The van der Waals surface area contributed by atoms with Gasteiger partial charge in [0.15, 0.2) is 0 Å². The Bertz CT molecular complexity index is 1020. The van der Waals surface area contributed by atoms with Crippen molar-refractivity contribution >= 4 is 22.1 Å². The molecule has 0 atom stereocenters. The van der Waals surface area contributed by atoms with E-state index in [-0.39, 0.29) is 5.66 Å². The highest BCUT2D eigenvalue weighted by molar-refractivity contribution is 5.78. The zero-order valence-electron chi connectivity index (χ0n) is 13.1. The smallest absolute Gasteiger partial charge is 0.146 e. The lowest BCUT2D eigenvalue weighted by atomic mass is 10.00. The number of allylic oxidation sites excluding steroid dienone is 4. The Morgan fingerprint density at radius 2 is 1.42 bits per heavy atom. The molecule has 0 bridgehead atoms. The van der Waals surface area contributed by atoms with Gasteiger partial charge in [-0.1, -0.05) is 18.2 Å². The summed E-state index contributed by atoms with van der Waals surface area (Å²) < 4.78 is 4.49. The van der Waals surface area contributed by atoms with Gasteiger partial charge in [-0.05, 0) is 42.5 Å². The Morgan fingerprint density at radius 3 is 1.96 bits per heavy atom. The maximum atomic E-state index is 4.62. The molecule has 0 unspecified atom stereocenters. The molecule has 0 amide bonds. The molecule has 4 nitrogen and oxygen atoms in total. The molecule has 4 heteroatoms. The van der Waals surface area contributed by atoms with Crippen LogP contribution in [-0.4, -0.2) is 19.1 Å². The van der Waals surface area contributed by atoms with Gasteiger partial charge >= 0.3 is 0 Å². The molecule has 4 aromatic heterocycles. The fraction of sp³-hybridized carbons (Fsp3) is 0.100. The maximum absolute atomic E-state index is 4.62. The van der Waals surface area contributed by atoms with E-state index in [0.717, 1.165) is 28.5 Å². The molecule has 0 spiro atoms. The van der Waals surface area contributed by atoms with E-state index in [9.17, 15) is 0 Å². The van der Waals surface area contributed by atoms with Crippen LogP contribution < -0.4 is 0 Å². The molecule has 4 aromatic rings. The van der Waals surface area contributed by atoms with Crippen molar-refractivity contribution in [3.05, 3.63) is 85.5 Å². The van der Waals surface area contributed by atoms with Gasteiger partial charge < -0.3 is 9.13 Å². The Hall–Kier alpha value is -3.14. The van der Waals surface area contributed by atoms with Crippen LogP contribution >= 0.6 is 0 Å². The van der Waals surface area contributed by atoms with E-state index in [2.05, 4.69) is 80.1 Å². The Morgan fingerprint density at radius 1 is 0.792 bits per heavy atom. The molecule has 116 valence electrons. The van der Waals surface area contributed by atoms with E-state index >= 15 is 0 Å². The number of hydrogen-bond donors (Lipinski definition) is 0. The largest absolute Gasteiger partial charge is 0.304 e. The predicted octanol–water partition coefficient (Wildman–Crippen LogP) is 4.10. The highest BCUT2D eigenvalue weighted by Crippen LogP contribution is 2.34. The average molecular weight is 312 g/mol. The van der Waals surface area contributed by atoms with Crippen molar-refractivity contribution in [1.29, 1.82) is 0 Å².